The first kappa shape index (κ1) is 38.0. The van der Waals surface area contributed by atoms with Gasteiger partial charge in [0.1, 0.15) is 21.3 Å². The number of hydrogen-bond donors (Lipinski definition) is 3. The molecule has 3 aliphatic carbocycles. The number of ether oxygens (including phenoxy) is 1. The molecule has 4 atom stereocenters. The lowest BCUT2D eigenvalue weighted by Crippen LogP contribution is -2.54. The number of nitrogens with one attached hydrogen (secondary N) is 3. The van der Waals surface area contributed by atoms with Gasteiger partial charge in [0.25, 0.3) is 5.91 Å². The molecule has 3 fully saturated rings. The lowest BCUT2D eigenvalue weighted by atomic mass is 9.93. The summed E-state index contributed by atoms with van der Waals surface area (Å²) in [6.07, 6.45) is 10.1. The van der Waals surface area contributed by atoms with E-state index in [-0.39, 0.29) is 29.1 Å². The molecule has 1 aromatic carbocycles. The maximum atomic E-state index is 13.1. The van der Waals surface area contributed by atoms with E-state index in [4.69, 9.17) is 16.3 Å². The van der Waals surface area contributed by atoms with Crippen LogP contribution in [-0.4, -0.2) is 72.5 Å². The van der Waals surface area contributed by atoms with Crippen molar-refractivity contribution in [2.75, 3.05) is 20.7 Å². The number of rotatable bonds is 6. The summed E-state index contributed by atoms with van der Waals surface area (Å²) < 4.78 is 32.0. The Bertz CT molecular complexity index is 2060. The lowest BCUT2D eigenvalue weighted by molar-refractivity contribution is -0.140. The van der Waals surface area contributed by atoms with E-state index < -0.39 is 32.6 Å². The van der Waals surface area contributed by atoms with E-state index in [1.54, 1.807) is 37.3 Å². The maximum Gasteiger partial charge on any atom is 0.259 e. The molecule has 0 spiro atoms. The van der Waals surface area contributed by atoms with Crippen LogP contribution < -0.4 is 20.2 Å². The van der Waals surface area contributed by atoms with Gasteiger partial charge in [-0.05, 0) is 69.4 Å². The average molecular weight is 772 g/mol. The lowest BCUT2D eigenvalue weighted by Gasteiger charge is -2.27. The second-order valence-corrected chi connectivity index (χ2v) is 17.8. The number of thiazole rings is 1. The Morgan fingerprint density at radius 1 is 1.12 bits per heavy atom. The molecule has 1 aliphatic heterocycles. The number of H-pyrrole nitrogens is 1. The van der Waals surface area contributed by atoms with Crippen molar-refractivity contribution >= 4 is 61.6 Å². The molecule has 3 amide bonds. The number of allylic oxidation sites excluding steroid dienone is 1. The summed E-state index contributed by atoms with van der Waals surface area (Å²) in [5.74, 6) is -1.17. The van der Waals surface area contributed by atoms with Gasteiger partial charge in [-0.15, -0.1) is 11.3 Å². The van der Waals surface area contributed by atoms with E-state index >= 15 is 0 Å². The van der Waals surface area contributed by atoms with Gasteiger partial charge in [-0.2, -0.15) is 0 Å². The smallest absolute Gasteiger partial charge is 0.259 e. The number of pyridine rings is 1. The molecule has 280 valence electrons. The van der Waals surface area contributed by atoms with E-state index in [1.807, 2.05) is 17.5 Å². The Morgan fingerprint density at radius 3 is 2.56 bits per heavy atom. The zero-order valence-electron chi connectivity index (χ0n) is 29.9. The number of methoxy groups -OCH3 is 1. The van der Waals surface area contributed by atoms with Crippen LogP contribution >= 0.6 is 22.9 Å². The number of halogens is 1. The molecule has 4 aliphatic rings. The van der Waals surface area contributed by atoms with Crippen molar-refractivity contribution in [3.8, 4) is 16.5 Å². The number of hydrogen-bond acceptors (Lipinski definition) is 9. The summed E-state index contributed by atoms with van der Waals surface area (Å²) in [6.45, 7) is 4.85. The number of nitrogens with zero attached hydrogens (tertiary/aromatic N) is 2. The van der Waals surface area contributed by atoms with Crippen LogP contribution in [0.1, 0.15) is 83.2 Å². The largest absolute Gasteiger partial charge is 0.495 e. The highest BCUT2D eigenvalue weighted by Gasteiger charge is 2.62. The van der Waals surface area contributed by atoms with Crippen LogP contribution in [0.4, 0.5) is 0 Å². The molecule has 3 N–H and O–H groups in total. The predicted octanol–water partition coefficient (Wildman–Crippen LogP) is 5.52. The van der Waals surface area contributed by atoms with Gasteiger partial charge in [0.05, 0.1) is 29.3 Å². The fourth-order valence-electron chi connectivity index (χ4n) is 7.02. The fraction of sp³-hybridized carbons (Fsp3) is 0.541. The van der Waals surface area contributed by atoms with E-state index in [0.717, 1.165) is 36.4 Å². The number of carbonyl (C=O) groups excluding carboxylic acids is 3. The third-order valence-corrected chi connectivity index (χ3v) is 13.6. The zero-order valence-corrected chi connectivity index (χ0v) is 32.3. The summed E-state index contributed by atoms with van der Waals surface area (Å²) in [4.78, 5) is 60.9. The van der Waals surface area contributed by atoms with Crippen LogP contribution in [0, 0.1) is 17.8 Å². The summed E-state index contributed by atoms with van der Waals surface area (Å²) in [6, 6.07) is 4.97. The number of aromatic amines is 1. The standard InChI is InChI=1S/C21H31N3O5S.C16H15ClN2O2S/c1-24-12-5-3-2-4-7-14-13-21(14,20(27)23-30(28,29)15-10-11-15)22-18(25)16-8-6-9-17(16)19(24)26;1-8(2)11-7-22-16(19-11)10-6-12(20)9-4-5-13(21-3)14(17)15(9)18-10/h4,7,14-17H,2-3,5-6,8-13H2,1H3,(H,22,25)(H,23,27);4-8H,1-3H3,(H,18,20)/b7-4-;/t14?,16-,17?,21-;/m1./s1. The Kier molecular flexibility index (Phi) is 11.2. The number of sulfonamides is 1. The minimum absolute atomic E-state index is 0.0117. The first-order valence-electron chi connectivity index (χ1n) is 17.9. The van der Waals surface area contributed by atoms with E-state index in [1.165, 1.54) is 11.3 Å². The van der Waals surface area contributed by atoms with Crippen molar-refractivity contribution in [1.82, 2.24) is 24.9 Å². The van der Waals surface area contributed by atoms with Gasteiger partial charge in [-0.25, -0.2) is 13.4 Å². The van der Waals surface area contributed by atoms with Gasteiger partial charge < -0.3 is 19.9 Å². The molecule has 3 heterocycles. The van der Waals surface area contributed by atoms with Gasteiger partial charge in [0.2, 0.25) is 21.8 Å². The van der Waals surface area contributed by atoms with E-state index in [2.05, 4.69) is 33.9 Å². The molecule has 7 rings (SSSR count). The quantitative estimate of drug-likeness (QED) is 0.276. The first-order valence-corrected chi connectivity index (χ1v) is 20.7. The molecule has 15 heteroatoms. The van der Waals surface area contributed by atoms with Crippen molar-refractivity contribution < 1.29 is 27.5 Å². The summed E-state index contributed by atoms with van der Waals surface area (Å²) >= 11 is 7.83. The van der Waals surface area contributed by atoms with E-state index in [0.29, 0.717) is 71.9 Å². The van der Waals surface area contributed by atoms with Crippen LogP contribution in [0.3, 0.4) is 0 Å². The Morgan fingerprint density at radius 2 is 1.87 bits per heavy atom. The number of carbonyl (C=O) groups is 3. The van der Waals surface area contributed by atoms with Crippen molar-refractivity contribution in [2.45, 2.75) is 88.3 Å². The predicted molar refractivity (Wildman–Crippen MR) is 202 cm³/mol. The van der Waals surface area contributed by atoms with Crippen LogP contribution in [0.25, 0.3) is 21.6 Å². The van der Waals surface area contributed by atoms with Crippen molar-refractivity contribution in [1.29, 1.82) is 0 Å². The molecule has 0 bridgehead atoms. The molecular formula is C37H46ClN5O7S2. The van der Waals surface area contributed by atoms with Crippen LogP contribution in [0.5, 0.6) is 5.75 Å². The van der Waals surface area contributed by atoms with Crippen LogP contribution in [0.2, 0.25) is 5.02 Å². The second-order valence-electron chi connectivity index (χ2n) is 14.6. The van der Waals surface area contributed by atoms with Gasteiger partial charge in [0, 0.05) is 48.2 Å². The third-order valence-electron chi connectivity index (χ3n) is 10.5. The van der Waals surface area contributed by atoms with E-state index in [9.17, 15) is 27.6 Å². The number of aromatic nitrogens is 2. The molecule has 0 saturated heterocycles. The van der Waals surface area contributed by atoms with Gasteiger partial charge in [0.15, 0.2) is 5.43 Å². The molecule has 2 unspecified atom stereocenters. The molecule has 0 radical (unpaired) electrons. The van der Waals surface area contributed by atoms with Crippen molar-refractivity contribution in [3.05, 3.63) is 56.7 Å². The summed E-state index contributed by atoms with van der Waals surface area (Å²) in [5, 5.41) is 6.09. The van der Waals surface area contributed by atoms with Gasteiger partial charge in [-0.1, -0.05) is 44.0 Å². The van der Waals surface area contributed by atoms with Crippen molar-refractivity contribution in [2.24, 2.45) is 17.8 Å². The van der Waals surface area contributed by atoms with Crippen LogP contribution in [0.15, 0.2) is 40.5 Å². The molecular weight excluding hydrogens is 726 g/mol. The highest BCUT2D eigenvalue weighted by atomic mass is 35.5. The Labute approximate surface area is 312 Å². The summed E-state index contributed by atoms with van der Waals surface area (Å²) in [7, 11) is -0.365. The van der Waals surface area contributed by atoms with Crippen molar-refractivity contribution in [3.63, 3.8) is 0 Å². The molecule has 12 nitrogen and oxygen atoms in total. The monoisotopic (exact) mass is 771 g/mol. The highest BCUT2D eigenvalue weighted by Crippen LogP contribution is 2.47. The second kappa shape index (κ2) is 15.3. The fourth-order valence-corrected chi connectivity index (χ4v) is 9.63. The number of benzene rings is 1. The Hall–Kier alpha value is -3.75. The molecule has 3 aromatic rings. The van der Waals surface area contributed by atoms with Gasteiger partial charge in [-0.3, -0.25) is 23.9 Å². The minimum atomic E-state index is -3.69. The zero-order chi connectivity index (χ0) is 37.4. The normalized spacial score (nSPS) is 25.7. The minimum Gasteiger partial charge on any atom is -0.495 e. The van der Waals surface area contributed by atoms with Gasteiger partial charge >= 0.3 is 0 Å². The number of amides is 3. The topological polar surface area (TPSA) is 168 Å². The molecule has 52 heavy (non-hydrogen) atoms. The van der Waals surface area contributed by atoms with Crippen LogP contribution in [-0.2, 0) is 24.4 Å². The average Bonchev–Trinajstić information content (AvgIpc) is 3.96. The SMILES string of the molecule is CN1CCCC/C=C\C2C[C@@]2(C(=O)NS(=O)(=O)C2CC2)NC(=O)[C@@H]2CCCC2C1=O.COc1ccc2c(=O)cc(-c3nc(C(C)C)cs3)[nH]c2c1Cl. The first-order chi connectivity index (χ1) is 24.8. The Balaban J connectivity index is 0.000000187. The maximum absolute atomic E-state index is 13.1. The number of fused-ring (bicyclic) bond motifs is 3. The third kappa shape index (κ3) is 7.93. The molecule has 2 aromatic heterocycles. The summed E-state index contributed by atoms with van der Waals surface area (Å²) in [5.41, 5.74) is 0.934. The highest BCUT2D eigenvalue weighted by molar-refractivity contribution is 7.91. The molecule has 3 saturated carbocycles.